The van der Waals surface area contributed by atoms with Crippen LogP contribution in [0.15, 0.2) is 66.2 Å². The summed E-state index contributed by atoms with van der Waals surface area (Å²) in [5.41, 5.74) is 2.97. The van der Waals surface area contributed by atoms with Crippen molar-refractivity contribution in [2.24, 2.45) is 0 Å². The van der Waals surface area contributed by atoms with Gasteiger partial charge >= 0.3 is 5.97 Å². The molecule has 0 saturated carbocycles. The number of carbonyl (C=O) groups excluding carboxylic acids is 2. The van der Waals surface area contributed by atoms with E-state index in [1.165, 1.54) is 31.4 Å². The Labute approximate surface area is 189 Å². The summed E-state index contributed by atoms with van der Waals surface area (Å²) in [7, 11) is 3.07. The largest absolute Gasteiger partial charge is 0.493 e. The summed E-state index contributed by atoms with van der Waals surface area (Å²) in [5.74, 6) is 0.700. The molecule has 0 amide bonds. The number of hydrogen-bond donors (Lipinski definition) is 0. The zero-order valence-corrected chi connectivity index (χ0v) is 17.9. The quantitative estimate of drug-likeness (QED) is 0.179. The van der Waals surface area contributed by atoms with Crippen LogP contribution < -0.4 is 14.2 Å². The minimum absolute atomic E-state index is 0.0698. The molecule has 33 heavy (non-hydrogen) atoms. The van der Waals surface area contributed by atoms with Gasteiger partial charge in [-0.05, 0) is 53.6 Å². The lowest BCUT2D eigenvalue weighted by Gasteiger charge is -2.08. The zero-order chi connectivity index (χ0) is 23.5. The third kappa shape index (κ3) is 4.45. The molecule has 0 N–H and O–H groups in total. The van der Waals surface area contributed by atoms with Crippen LogP contribution in [0.2, 0.25) is 0 Å². The van der Waals surface area contributed by atoms with Crippen LogP contribution in [0, 0.1) is 10.1 Å². The first-order valence-corrected chi connectivity index (χ1v) is 9.96. The maximum Gasteiger partial charge on any atom is 0.343 e. The molecule has 166 valence electrons. The summed E-state index contributed by atoms with van der Waals surface area (Å²) < 4.78 is 15.9. The SMILES string of the molecule is COc1cc2c(cc1OC)C(=O)/C(=C/c1ccc(OC(=O)c3ccc([N+](=O)[O-])cc3)cc1)C2. The molecule has 3 aromatic rings. The molecule has 1 aliphatic carbocycles. The molecule has 4 rings (SSSR count). The topological polar surface area (TPSA) is 105 Å². The molecular formula is C25H19NO7. The number of benzene rings is 3. The third-order valence-electron chi connectivity index (χ3n) is 5.27. The number of non-ortho nitro benzene ring substituents is 1. The number of nitro groups is 1. The van der Waals surface area contributed by atoms with Gasteiger partial charge < -0.3 is 14.2 Å². The summed E-state index contributed by atoms with van der Waals surface area (Å²) in [5, 5.41) is 10.7. The van der Waals surface area contributed by atoms with Crippen LogP contribution >= 0.6 is 0 Å². The van der Waals surface area contributed by atoms with E-state index in [0.29, 0.717) is 34.8 Å². The highest BCUT2D eigenvalue weighted by atomic mass is 16.6. The van der Waals surface area contributed by atoms with E-state index in [-0.39, 0.29) is 17.0 Å². The van der Waals surface area contributed by atoms with Gasteiger partial charge in [0.05, 0.1) is 24.7 Å². The Balaban J connectivity index is 1.47. The first-order chi connectivity index (χ1) is 15.9. The average molecular weight is 445 g/mol. The van der Waals surface area contributed by atoms with Crippen molar-refractivity contribution < 1.29 is 28.7 Å². The summed E-state index contributed by atoms with van der Waals surface area (Å²) in [4.78, 5) is 35.3. The number of fused-ring (bicyclic) bond motifs is 1. The zero-order valence-electron chi connectivity index (χ0n) is 17.9. The number of esters is 1. The van der Waals surface area contributed by atoms with Crippen molar-refractivity contribution in [3.05, 3.63) is 98.6 Å². The Morgan fingerprint density at radius 3 is 2.21 bits per heavy atom. The predicted octanol–water partition coefficient (Wildman–Crippen LogP) is 4.65. The van der Waals surface area contributed by atoms with Crippen molar-refractivity contribution >= 4 is 23.5 Å². The lowest BCUT2D eigenvalue weighted by Crippen LogP contribution is -2.08. The first kappa shape index (κ1) is 21.8. The molecule has 8 nitrogen and oxygen atoms in total. The molecule has 0 aromatic heterocycles. The van der Waals surface area contributed by atoms with Gasteiger partial charge in [0.25, 0.3) is 5.69 Å². The van der Waals surface area contributed by atoms with Crippen LogP contribution in [0.25, 0.3) is 6.08 Å². The van der Waals surface area contributed by atoms with Gasteiger partial charge in [0.1, 0.15) is 5.75 Å². The Bertz CT molecular complexity index is 1280. The average Bonchev–Trinajstić information content (AvgIpc) is 3.13. The fourth-order valence-corrected chi connectivity index (χ4v) is 3.57. The van der Waals surface area contributed by atoms with Crippen molar-refractivity contribution in [1.82, 2.24) is 0 Å². The van der Waals surface area contributed by atoms with E-state index < -0.39 is 10.9 Å². The molecule has 0 saturated heterocycles. The van der Waals surface area contributed by atoms with Crippen molar-refractivity contribution in [1.29, 1.82) is 0 Å². The van der Waals surface area contributed by atoms with E-state index in [4.69, 9.17) is 14.2 Å². The molecule has 3 aromatic carbocycles. The van der Waals surface area contributed by atoms with Crippen LogP contribution in [0.1, 0.15) is 31.8 Å². The molecule has 0 heterocycles. The monoisotopic (exact) mass is 445 g/mol. The first-order valence-electron chi connectivity index (χ1n) is 9.96. The van der Waals surface area contributed by atoms with Gasteiger partial charge in [0.15, 0.2) is 17.3 Å². The maximum absolute atomic E-state index is 12.8. The fourth-order valence-electron chi connectivity index (χ4n) is 3.57. The number of allylic oxidation sites excluding steroid dienone is 1. The van der Waals surface area contributed by atoms with Crippen molar-refractivity contribution in [2.45, 2.75) is 6.42 Å². The molecule has 0 unspecified atom stereocenters. The molecule has 8 heteroatoms. The molecule has 0 spiro atoms. The van der Waals surface area contributed by atoms with E-state index in [1.54, 1.807) is 43.5 Å². The number of Topliss-reactive ketones (excluding diaryl/α,β-unsaturated/α-hetero) is 1. The maximum atomic E-state index is 12.8. The highest BCUT2D eigenvalue weighted by Gasteiger charge is 2.27. The number of methoxy groups -OCH3 is 2. The van der Waals surface area contributed by atoms with Gasteiger partial charge in [-0.3, -0.25) is 14.9 Å². The smallest absolute Gasteiger partial charge is 0.343 e. The van der Waals surface area contributed by atoms with E-state index in [2.05, 4.69) is 0 Å². The Morgan fingerprint density at radius 1 is 0.970 bits per heavy atom. The molecule has 0 radical (unpaired) electrons. The van der Waals surface area contributed by atoms with Crippen molar-refractivity contribution in [2.75, 3.05) is 14.2 Å². The molecular weight excluding hydrogens is 426 g/mol. The van der Waals surface area contributed by atoms with Crippen LogP contribution in [-0.2, 0) is 6.42 Å². The van der Waals surface area contributed by atoms with E-state index >= 15 is 0 Å². The predicted molar refractivity (Wildman–Crippen MR) is 120 cm³/mol. The van der Waals surface area contributed by atoms with Gasteiger partial charge in [0.2, 0.25) is 0 Å². The van der Waals surface area contributed by atoms with E-state index in [9.17, 15) is 19.7 Å². The number of ether oxygens (including phenoxy) is 3. The summed E-state index contributed by atoms with van der Waals surface area (Å²) in [6.45, 7) is 0. The molecule has 0 aliphatic heterocycles. The molecule has 0 bridgehead atoms. The number of hydrogen-bond acceptors (Lipinski definition) is 7. The van der Waals surface area contributed by atoms with E-state index in [0.717, 1.165) is 11.1 Å². The molecule has 0 fully saturated rings. The fraction of sp³-hybridized carbons (Fsp3) is 0.120. The standard InChI is InChI=1S/C25H19NO7/c1-31-22-13-17-12-18(24(27)21(17)14-23(22)32-2)11-15-3-9-20(10-4-15)33-25(28)16-5-7-19(8-6-16)26(29)30/h3-11,13-14H,12H2,1-2H3/b18-11+. The van der Waals surface area contributed by atoms with Gasteiger partial charge in [-0.15, -0.1) is 0 Å². The lowest BCUT2D eigenvalue weighted by molar-refractivity contribution is -0.384. The number of nitrogens with zero attached hydrogens (tertiary/aromatic N) is 1. The highest BCUT2D eigenvalue weighted by Crippen LogP contribution is 2.37. The van der Waals surface area contributed by atoms with Gasteiger partial charge in [-0.25, -0.2) is 4.79 Å². The van der Waals surface area contributed by atoms with Crippen LogP contribution in [0.5, 0.6) is 17.2 Å². The van der Waals surface area contributed by atoms with E-state index in [1.807, 2.05) is 6.07 Å². The van der Waals surface area contributed by atoms with Crippen LogP contribution in [-0.4, -0.2) is 30.9 Å². The number of ketones is 1. The van der Waals surface area contributed by atoms with Gasteiger partial charge in [-0.2, -0.15) is 0 Å². The molecule has 0 atom stereocenters. The van der Waals surface area contributed by atoms with Gasteiger partial charge in [0, 0.05) is 29.7 Å². The lowest BCUT2D eigenvalue weighted by atomic mass is 10.1. The second-order valence-electron chi connectivity index (χ2n) is 7.30. The second-order valence-corrected chi connectivity index (χ2v) is 7.30. The Hall–Kier alpha value is -4.46. The summed E-state index contributed by atoms with van der Waals surface area (Å²) >= 11 is 0. The minimum Gasteiger partial charge on any atom is -0.493 e. The molecule has 1 aliphatic rings. The van der Waals surface area contributed by atoms with Crippen LogP contribution in [0.4, 0.5) is 5.69 Å². The highest BCUT2D eigenvalue weighted by molar-refractivity contribution is 6.16. The number of nitro benzene ring substituents is 1. The van der Waals surface area contributed by atoms with Crippen LogP contribution in [0.3, 0.4) is 0 Å². The minimum atomic E-state index is -0.625. The van der Waals surface area contributed by atoms with Gasteiger partial charge in [-0.1, -0.05) is 12.1 Å². The normalized spacial score (nSPS) is 13.5. The number of carbonyl (C=O) groups is 2. The van der Waals surface area contributed by atoms with Crippen molar-refractivity contribution in [3.8, 4) is 17.2 Å². The third-order valence-corrected chi connectivity index (χ3v) is 5.27. The summed E-state index contributed by atoms with van der Waals surface area (Å²) in [6.07, 6.45) is 2.27. The van der Waals surface area contributed by atoms with Crippen molar-refractivity contribution in [3.63, 3.8) is 0 Å². The Kier molecular flexibility index (Phi) is 5.91. The second kappa shape index (κ2) is 8.96. The number of rotatable bonds is 6. The summed E-state index contributed by atoms with van der Waals surface area (Å²) in [6, 6.07) is 15.4. The Morgan fingerprint density at radius 2 is 1.61 bits per heavy atom.